The van der Waals surface area contributed by atoms with Gasteiger partial charge in [-0.15, -0.1) is 0 Å². The first kappa shape index (κ1) is 23.1. The number of ketones is 1. The summed E-state index contributed by atoms with van der Waals surface area (Å²) < 4.78 is 29.7. The van der Waals surface area contributed by atoms with Crippen molar-refractivity contribution in [2.75, 3.05) is 0 Å². The lowest BCUT2D eigenvalue weighted by molar-refractivity contribution is -0.121. The number of nitrogens with zero attached hydrogens (tertiary/aromatic N) is 4. The van der Waals surface area contributed by atoms with Gasteiger partial charge in [0.2, 0.25) is 5.70 Å². The molecule has 0 saturated heterocycles. The predicted octanol–water partition coefficient (Wildman–Crippen LogP) is 6.48. The molecule has 6 rings (SSSR count). The van der Waals surface area contributed by atoms with Gasteiger partial charge in [0.15, 0.2) is 11.6 Å². The number of carbonyl (C=O) groups is 1. The van der Waals surface area contributed by atoms with Crippen LogP contribution < -0.4 is 0 Å². The third kappa shape index (κ3) is 3.40. The normalized spacial score (nSPS) is 22.7. The van der Waals surface area contributed by atoms with Crippen molar-refractivity contribution in [2.45, 2.75) is 32.1 Å². The van der Waals surface area contributed by atoms with Crippen LogP contribution in [-0.4, -0.2) is 20.7 Å². The van der Waals surface area contributed by atoms with Crippen molar-refractivity contribution >= 4 is 16.7 Å². The highest BCUT2D eigenvalue weighted by Crippen LogP contribution is 2.51. The monoisotopic (exact) mass is 492 g/mol. The van der Waals surface area contributed by atoms with E-state index in [1.165, 1.54) is 18.3 Å². The molecular formula is C30H22F2N4O. The molecule has 2 aliphatic rings. The molecule has 0 bridgehead atoms. The highest BCUT2D eigenvalue weighted by molar-refractivity contribution is 6.00. The Hall–Kier alpha value is -4.31. The molecule has 0 radical (unpaired) electrons. The number of hydrogen-bond acceptors (Lipinski definition) is 4. The molecule has 182 valence electrons. The van der Waals surface area contributed by atoms with Crippen LogP contribution in [0.15, 0.2) is 66.5 Å². The summed E-state index contributed by atoms with van der Waals surface area (Å²) in [6.07, 6.45) is 4.50. The van der Waals surface area contributed by atoms with E-state index in [4.69, 9.17) is 16.5 Å². The van der Waals surface area contributed by atoms with E-state index in [2.05, 4.69) is 9.83 Å². The van der Waals surface area contributed by atoms with Gasteiger partial charge in [0.05, 0.1) is 18.0 Å². The van der Waals surface area contributed by atoms with Crippen LogP contribution in [0.25, 0.3) is 38.4 Å². The minimum absolute atomic E-state index is 0.0687. The van der Waals surface area contributed by atoms with Gasteiger partial charge in [-0.1, -0.05) is 44.2 Å². The lowest BCUT2D eigenvalue weighted by Gasteiger charge is -2.46. The largest absolute Gasteiger partial charge is 0.308 e. The molecule has 4 aromatic rings. The molecule has 2 aliphatic carbocycles. The number of fused-ring (bicyclic) bond motifs is 4. The summed E-state index contributed by atoms with van der Waals surface area (Å²) in [6.45, 7) is 11.5. The molecule has 37 heavy (non-hydrogen) atoms. The highest BCUT2D eigenvalue weighted by atomic mass is 19.1. The molecular weight excluding hydrogens is 470 g/mol. The number of benzene rings is 2. The molecule has 2 heterocycles. The van der Waals surface area contributed by atoms with E-state index in [0.29, 0.717) is 46.6 Å². The first-order chi connectivity index (χ1) is 17.8. The van der Waals surface area contributed by atoms with E-state index in [-0.39, 0.29) is 28.8 Å². The Morgan fingerprint density at radius 2 is 1.81 bits per heavy atom. The quantitative estimate of drug-likeness (QED) is 0.301. The molecule has 2 aromatic carbocycles. The summed E-state index contributed by atoms with van der Waals surface area (Å²) in [5.41, 5.74) is 2.45. The molecule has 0 spiro atoms. The predicted molar refractivity (Wildman–Crippen MR) is 136 cm³/mol. The Kier molecular flexibility index (Phi) is 5.23. The van der Waals surface area contributed by atoms with E-state index < -0.39 is 17.0 Å². The summed E-state index contributed by atoms with van der Waals surface area (Å²) in [5, 5.41) is 0.545. The van der Waals surface area contributed by atoms with Gasteiger partial charge >= 0.3 is 0 Å². The fraction of sp³-hybridized carbons (Fsp3) is 0.233. The maximum absolute atomic E-state index is 15.1. The van der Waals surface area contributed by atoms with Crippen molar-refractivity contribution < 1.29 is 13.6 Å². The number of halogens is 2. The fourth-order valence-corrected chi connectivity index (χ4v) is 6.08. The minimum Gasteiger partial charge on any atom is -0.308 e. The van der Waals surface area contributed by atoms with Crippen LogP contribution in [-0.2, 0) is 16.6 Å². The number of para-hydroxylation sites is 1. The number of hydrogen-bond donors (Lipinski definition) is 0. The summed E-state index contributed by atoms with van der Waals surface area (Å²) in [4.78, 5) is 30.5. The minimum atomic E-state index is -0.730. The van der Waals surface area contributed by atoms with Gasteiger partial charge in [0, 0.05) is 39.6 Å². The average Bonchev–Trinajstić information content (AvgIpc) is 2.90. The van der Waals surface area contributed by atoms with Crippen molar-refractivity contribution in [1.29, 1.82) is 0 Å². The molecule has 0 saturated carbocycles. The maximum Gasteiger partial charge on any atom is 0.226 e. The fourth-order valence-electron chi connectivity index (χ4n) is 6.08. The highest BCUT2D eigenvalue weighted by Gasteiger charge is 2.49. The van der Waals surface area contributed by atoms with Crippen molar-refractivity contribution in [3.8, 4) is 22.6 Å². The Morgan fingerprint density at radius 3 is 2.59 bits per heavy atom. The first-order valence-corrected chi connectivity index (χ1v) is 12.2. The van der Waals surface area contributed by atoms with Gasteiger partial charge in [-0.05, 0) is 43.0 Å². The van der Waals surface area contributed by atoms with E-state index in [1.54, 1.807) is 42.5 Å². The van der Waals surface area contributed by atoms with Crippen LogP contribution in [0.4, 0.5) is 8.78 Å². The number of rotatable bonds is 2. The average molecular weight is 493 g/mol. The Bertz CT molecular complexity index is 1690. The molecule has 0 fully saturated rings. The molecule has 7 heteroatoms. The van der Waals surface area contributed by atoms with Crippen LogP contribution in [0.5, 0.6) is 0 Å². The van der Waals surface area contributed by atoms with Crippen LogP contribution >= 0.6 is 0 Å². The van der Waals surface area contributed by atoms with Gasteiger partial charge in [0.25, 0.3) is 0 Å². The number of carbonyl (C=O) groups excluding carboxylic acids is 1. The molecule has 0 amide bonds. The van der Waals surface area contributed by atoms with Crippen LogP contribution in [0.1, 0.15) is 31.5 Å². The maximum atomic E-state index is 15.1. The molecule has 0 aliphatic heterocycles. The van der Waals surface area contributed by atoms with Gasteiger partial charge in [-0.25, -0.2) is 23.6 Å². The first-order valence-electron chi connectivity index (χ1n) is 12.2. The Balaban J connectivity index is 1.70. The Morgan fingerprint density at radius 1 is 1.03 bits per heavy atom. The second-order valence-electron chi connectivity index (χ2n) is 9.92. The number of allylic oxidation sites excluding steroid dienone is 2. The molecule has 3 atom stereocenters. The molecule has 2 aromatic heterocycles. The lowest BCUT2D eigenvalue weighted by atomic mass is 9.58. The van der Waals surface area contributed by atoms with Crippen molar-refractivity contribution in [1.82, 2.24) is 15.0 Å². The second kappa shape index (κ2) is 8.38. The van der Waals surface area contributed by atoms with E-state index in [9.17, 15) is 9.18 Å². The number of Topliss-reactive ketones (excluding diaryl/α,β-unsaturated/α-hetero) is 1. The topological polar surface area (TPSA) is 60.1 Å². The standard InChI is InChI=1S/C30H22F2N4O/c1-16-21-12-11-20-25(19-7-4-5-9-22(19)31)35-29(18-13-14-34-26-17(18)8-6-10-23(26)32)36-28(20)30(21,2)15-24(33-3)27(16)37/h4-10,13-16,21H,11-12H2,1-2H3/t16-,21-,30-/m1/s1. The number of aromatic nitrogens is 3. The van der Waals surface area contributed by atoms with Gasteiger partial charge < -0.3 is 4.79 Å². The van der Waals surface area contributed by atoms with Crippen LogP contribution in [0.3, 0.4) is 0 Å². The number of pyridine rings is 1. The summed E-state index contributed by atoms with van der Waals surface area (Å²) in [7, 11) is 0. The van der Waals surface area contributed by atoms with Crippen LogP contribution in [0.2, 0.25) is 0 Å². The summed E-state index contributed by atoms with van der Waals surface area (Å²) in [5.74, 6) is -1.11. The van der Waals surface area contributed by atoms with E-state index in [1.807, 2.05) is 13.8 Å². The Labute approximate surface area is 212 Å². The van der Waals surface area contributed by atoms with Crippen molar-refractivity contribution in [3.63, 3.8) is 0 Å². The van der Waals surface area contributed by atoms with E-state index >= 15 is 4.39 Å². The van der Waals surface area contributed by atoms with Crippen LogP contribution in [0, 0.1) is 30.0 Å². The van der Waals surface area contributed by atoms with Crippen molar-refractivity contribution in [2.24, 2.45) is 11.8 Å². The summed E-state index contributed by atoms with van der Waals surface area (Å²) in [6, 6.07) is 12.9. The smallest absolute Gasteiger partial charge is 0.226 e. The summed E-state index contributed by atoms with van der Waals surface area (Å²) >= 11 is 0. The van der Waals surface area contributed by atoms with Gasteiger partial charge in [0.1, 0.15) is 17.2 Å². The second-order valence-corrected chi connectivity index (χ2v) is 9.92. The zero-order valence-corrected chi connectivity index (χ0v) is 20.3. The zero-order valence-electron chi connectivity index (χ0n) is 20.3. The van der Waals surface area contributed by atoms with E-state index in [0.717, 1.165) is 5.56 Å². The zero-order chi connectivity index (χ0) is 25.9. The third-order valence-electron chi connectivity index (χ3n) is 7.91. The lowest BCUT2D eigenvalue weighted by Crippen LogP contribution is -2.46. The third-order valence-corrected chi connectivity index (χ3v) is 7.91. The molecule has 5 nitrogen and oxygen atoms in total. The van der Waals surface area contributed by atoms with Gasteiger partial charge in [-0.3, -0.25) is 4.98 Å². The molecule has 0 unspecified atom stereocenters. The van der Waals surface area contributed by atoms with Gasteiger partial charge in [-0.2, -0.15) is 0 Å². The van der Waals surface area contributed by atoms with Crippen molar-refractivity contribution in [3.05, 3.63) is 101 Å². The molecule has 0 N–H and O–H groups in total. The SMILES string of the molecule is [C-]#[N+]C1=C[C@@]2(C)c3nc(-c4ccnc5c(F)cccc45)nc(-c4ccccc4F)c3CC[C@@H]2[C@@H](C)C1=O.